The molecule has 0 spiro atoms. The van der Waals surface area contributed by atoms with E-state index in [1.165, 1.54) is 4.70 Å². The van der Waals surface area contributed by atoms with E-state index in [9.17, 15) is 9.59 Å². The number of rotatable bonds is 7. The Morgan fingerprint density at radius 3 is 2.86 bits per heavy atom. The number of para-hydroxylation sites is 1. The van der Waals surface area contributed by atoms with E-state index in [1.54, 1.807) is 16.2 Å². The highest BCUT2D eigenvalue weighted by atomic mass is 32.1. The Kier molecular flexibility index (Phi) is 5.67. The quantitative estimate of drug-likeness (QED) is 0.588. The van der Waals surface area contributed by atoms with E-state index in [1.807, 2.05) is 42.5 Å². The number of carbonyl (C=O) groups excluding carboxylic acids is 2. The molecule has 2 amide bonds. The summed E-state index contributed by atoms with van der Waals surface area (Å²) in [6.45, 7) is 0.752. The molecule has 1 aliphatic rings. The fourth-order valence-electron chi connectivity index (χ4n) is 3.48. The van der Waals surface area contributed by atoms with E-state index in [-0.39, 0.29) is 11.8 Å². The monoisotopic (exact) mass is 393 g/mol. The van der Waals surface area contributed by atoms with Crippen molar-refractivity contribution in [3.8, 4) is 0 Å². The molecule has 1 saturated heterocycles. The predicted octanol–water partition coefficient (Wildman–Crippen LogP) is 4.77. The maximum atomic E-state index is 12.3. The summed E-state index contributed by atoms with van der Waals surface area (Å²) in [4.78, 5) is 30.6. The van der Waals surface area contributed by atoms with Crippen LogP contribution in [0, 0.1) is 0 Å². The van der Waals surface area contributed by atoms with Crippen LogP contribution in [0.15, 0.2) is 48.5 Å². The predicted molar refractivity (Wildman–Crippen MR) is 114 cm³/mol. The van der Waals surface area contributed by atoms with Gasteiger partial charge in [-0.1, -0.05) is 18.2 Å². The molecule has 1 aliphatic heterocycles. The van der Waals surface area contributed by atoms with Gasteiger partial charge in [-0.25, -0.2) is 4.98 Å². The summed E-state index contributed by atoms with van der Waals surface area (Å²) in [5.41, 5.74) is 2.65. The minimum atomic E-state index is 0.00852. The third-order valence-corrected chi connectivity index (χ3v) is 5.99. The Balaban J connectivity index is 1.25. The Hall–Kier alpha value is -2.73. The van der Waals surface area contributed by atoms with Crippen molar-refractivity contribution in [2.75, 3.05) is 16.8 Å². The lowest BCUT2D eigenvalue weighted by Gasteiger charge is -2.16. The smallest absolute Gasteiger partial charge is 0.227 e. The van der Waals surface area contributed by atoms with Crippen LogP contribution in [0.3, 0.4) is 0 Å². The minimum absolute atomic E-state index is 0.00852. The molecule has 1 fully saturated rings. The molecule has 144 valence electrons. The molecule has 2 aromatic carbocycles. The normalized spacial score (nSPS) is 14.0. The first-order valence-electron chi connectivity index (χ1n) is 9.74. The van der Waals surface area contributed by atoms with Crippen LogP contribution in [0.1, 0.15) is 37.1 Å². The van der Waals surface area contributed by atoms with Gasteiger partial charge in [-0.15, -0.1) is 11.3 Å². The first kappa shape index (κ1) is 18.6. The molecule has 28 heavy (non-hydrogen) atoms. The van der Waals surface area contributed by atoms with Gasteiger partial charge in [0.05, 0.1) is 15.2 Å². The molecule has 6 heteroatoms. The number of amides is 2. The first-order valence-corrected chi connectivity index (χ1v) is 10.6. The van der Waals surface area contributed by atoms with Crippen molar-refractivity contribution in [1.82, 2.24) is 4.98 Å². The number of aryl methyl sites for hydroxylation is 1. The van der Waals surface area contributed by atoms with Crippen LogP contribution < -0.4 is 10.2 Å². The molecule has 0 bridgehead atoms. The number of aromatic nitrogens is 1. The third kappa shape index (κ3) is 4.39. The fraction of sp³-hybridized carbons (Fsp3) is 0.318. The van der Waals surface area contributed by atoms with Gasteiger partial charge < -0.3 is 10.2 Å². The van der Waals surface area contributed by atoms with Crippen LogP contribution in [0.4, 0.5) is 11.4 Å². The van der Waals surface area contributed by atoms with Gasteiger partial charge in [0.25, 0.3) is 0 Å². The number of hydrogen-bond donors (Lipinski definition) is 1. The molecule has 2 heterocycles. The summed E-state index contributed by atoms with van der Waals surface area (Å²) in [5, 5.41) is 4.08. The molecular weight excluding hydrogens is 370 g/mol. The lowest BCUT2D eigenvalue weighted by Crippen LogP contribution is -2.23. The van der Waals surface area contributed by atoms with Gasteiger partial charge >= 0.3 is 0 Å². The number of fused-ring (bicyclic) bond motifs is 1. The zero-order chi connectivity index (χ0) is 19.3. The molecule has 5 nitrogen and oxygen atoms in total. The summed E-state index contributed by atoms with van der Waals surface area (Å²) in [5.74, 6) is 0.160. The van der Waals surface area contributed by atoms with E-state index in [0.717, 1.165) is 54.1 Å². The molecule has 0 aliphatic carbocycles. The van der Waals surface area contributed by atoms with Gasteiger partial charge in [0, 0.05) is 30.8 Å². The van der Waals surface area contributed by atoms with Crippen molar-refractivity contribution in [2.24, 2.45) is 0 Å². The SMILES string of the molecule is O=C(CCCCc1nc2ccccc2s1)Nc1cccc(N2CCCC2=O)c1. The molecule has 4 rings (SSSR count). The van der Waals surface area contributed by atoms with E-state index in [4.69, 9.17) is 0 Å². The van der Waals surface area contributed by atoms with Crippen LogP contribution in [-0.2, 0) is 16.0 Å². The number of thiazole rings is 1. The molecule has 0 atom stereocenters. The maximum Gasteiger partial charge on any atom is 0.227 e. The second-order valence-corrected chi connectivity index (χ2v) is 8.15. The molecule has 1 N–H and O–H groups in total. The number of hydrogen-bond acceptors (Lipinski definition) is 4. The van der Waals surface area contributed by atoms with Crippen molar-refractivity contribution >= 4 is 44.7 Å². The minimum Gasteiger partial charge on any atom is -0.326 e. The Morgan fingerprint density at radius 1 is 1.14 bits per heavy atom. The van der Waals surface area contributed by atoms with Crippen molar-refractivity contribution in [2.45, 2.75) is 38.5 Å². The topological polar surface area (TPSA) is 62.3 Å². The van der Waals surface area contributed by atoms with Gasteiger partial charge in [0.15, 0.2) is 0 Å². The molecule has 0 saturated carbocycles. The van der Waals surface area contributed by atoms with Gasteiger partial charge in [-0.3, -0.25) is 9.59 Å². The van der Waals surface area contributed by atoms with Crippen LogP contribution in [0.2, 0.25) is 0 Å². The average molecular weight is 394 g/mol. The van der Waals surface area contributed by atoms with Crippen LogP contribution in [0.25, 0.3) is 10.2 Å². The van der Waals surface area contributed by atoms with Crippen molar-refractivity contribution < 1.29 is 9.59 Å². The van der Waals surface area contributed by atoms with Gasteiger partial charge in [0.1, 0.15) is 0 Å². The maximum absolute atomic E-state index is 12.3. The first-order chi connectivity index (χ1) is 13.7. The van der Waals surface area contributed by atoms with E-state index in [2.05, 4.69) is 16.4 Å². The zero-order valence-electron chi connectivity index (χ0n) is 15.7. The molecular formula is C22H23N3O2S. The van der Waals surface area contributed by atoms with Crippen molar-refractivity contribution in [1.29, 1.82) is 0 Å². The lowest BCUT2D eigenvalue weighted by atomic mass is 10.2. The summed E-state index contributed by atoms with van der Waals surface area (Å²) in [6.07, 6.45) is 4.65. The second-order valence-electron chi connectivity index (χ2n) is 7.03. The highest BCUT2D eigenvalue weighted by Crippen LogP contribution is 2.25. The molecule has 1 aromatic heterocycles. The lowest BCUT2D eigenvalue weighted by molar-refractivity contribution is -0.117. The Morgan fingerprint density at radius 2 is 2.04 bits per heavy atom. The Labute approximate surface area is 168 Å². The molecule has 3 aromatic rings. The van der Waals surface area contributed by atoms with Crippen LogP contribution >= 0.6 is 11.3 Å². The number of nitrogens with zero attached hydrogens (tertiary/aromatic N) is 2. The van der Waals surface area contributed by atoms with E-state index >= 15 is 0 Å². The van der Waals surface area contributed by atoms with E-state index in [0.29, 0.717) is 12.8 Å². The Bertz CT molecular complexity index is 965. The summed E-state index contributed by atoms with van der Waals surface area (Å²) in [7, 11) is 0. The van der Waals surface area contributed by atoms with Crippen molar-refractivity contribution in [3.63, 3.8) is 0 Å². The average Bonchev–Trinajstić information content (AvgIpc) is 3.31. The molecule has 0 radical (unpaired) electrons. The number of anilines is 2. The summed E-state index contributed by atoms with van der Waals surface area (Å²) in [6, 6.07) is 15.7. The van der Waals surface area contributed by atoms with E-state index < -0.39 is 0 Å². The number of unbranched alkanes of at least 4 members (excludes halogenated alkanes) is 1. The number of nitrogens with one attached hydrogen (secondary N) is 1. The number of benzene rings is 2. The largest absolute Gasteiger partial charge is 0.326 e. The summed E-state index contributed by atoms with van der Waals surface area (Å²) < 4.78 is 1.21. The van der Waals surface area contributed by atoms with Crippen LogP contribution in [0.5, 0.6) is 0 Å². The summed E-state index contributed by atoms with van der Waals surface area (Å²) >= 11 is 1.73. The van der Waals surface area contributed by atoms with Crippen molar-refractivity contribution in [3.05, 3.63) is 53.5 Å². The molecule has 0 unspecified atom stereocenters. The second kappa shape index (κ2) is 8.52. The third-order valence-electron chi connectivity index (χ3n) is 4.90. The standard InChI is InChI=1S/C22H23N3O2S/c26-20(11-3-4-12-21-24-18-9-1-2-10-19(18)28-21)23-16-7-5-8-17(15-16)25-14-6-13-22(25)27/h1-2,5,7-10,15H,3-4,6,11-14H2,(H,23,26). The zero-order valence-corrected chi connectivity index (χ0v) is 16.5. The van der Waals surface area contributed by atoms with Gasteiger partial charge in [-0.05, 0) is 56.0 Å². The van der Waals surface area contributed by atoms with Gasteiger partial charge in [-0.2, -0.15) is 0 Å². The van der Waals surface area contributed by atoms with Gasteiger partial charge in [0.2, 0.25) is 11.8 Å². The highest BCUT2D eigenvalue weighted by molar-refractivity contribution is 7.18. The highest BCUT2D eigenvalue weighted by Gasteiger charge is 2.21. The number of carbonyl (C=O) groups is 2. The fourth-order valence-corrected chi connectivity index (χ4v) is 4.49. The van der Waals surface area contributed by atoms with Crippen LogP contribution in [-0.4, -0.2) is 23.3 Å².